The van der Waals surface area contributed by atoms with Crippen LogP contribution in [0.5, 0.6) is 0 Å². The average molecular weight is 1180 g/mol. The van der Waals surface area contributed by atoms with Crippen LogP contribution in [0.1, 0.15) is 52.7 Å². The summed E-state index contributed by atoms with van der Waals surface area (Å²) in [7, 11) is 0. The molecule has 18 rings (SSSR count). The quantitative estimate of drug-likeness (QED) is 0.110. The highest BCUT2D eigenvalue weighted by atomic mass is 16.0. The molecule has 0 saturated carbocycles. The number of nitrogens with one attached hydrogen (secondary N) is 4. The minimum atomic E-state index is -0.131. The van der Waals surface area contributed by atoms with Crippen molar-refractivity contribution in [2.75, 3.05) is 0 Å². The lowest BCUT2D eigenvalue weighted by Crippen LogP contribution is -2.11. The fourth-order valence-corrected chi connectivity index (χ4v) is 12.6. The lowest BCUT2D eigenvalue weighted by atomic mass is 9.84. The van der Waals surface area contributed by atoms with Gasteiger partial charge in [0.25, 0.3) is 0 Å². The Balaban J connectivity index is 0.000000147. The van der Waals surface area contributed by atoms with Crippen molar-refractivity contribution in [3.05, 3.63) is 193 Å². The summed E-state index contributed by atoms with van der Waals surface area (Å²) < 4.78 is 0. The number of fused-ring (bicyclic) bond motifs is 40. The van der Waals surface area contributed by atoms with Crippen molar-refractivity contribution in [1.29, 1.82) is 0 Å². The second kappa shape index (κ2) is 20.5. The maximum absolute atomic E-state index is 5.19. The monoisotopic (exact) mass is 1180 g/mol. The molecular formula is C72H56N16O2. The van der Waals surface area contributed by atoms with Crippen LogP contribution >= 0.6 is 0 Å². The lowest BCUT2D eigenvalue weighted by molar-refractivity contribution is 0.596. The van der Waals surface area contributed by atoms with Crippen molar-refractivity contribution in [2.24, 2.45) is 0 Å². The number of rotatable bonds is 0. The van der Waals surface area contributed by atoms with Gasteiger partial charge in [0.2, 0.25) is 0 Å². The molecular weight excluding hydrogens is 1120 g/mol. The fraction of sp³-hybridized carbons (Fsp3) is 0.111. The molecule has 18 heteroatoms. The molecule has 18 nitrogen and oxygen atoms in total. The summed E-state index contributed by atoms with van der Waals surface area (Å²) in [5.41, 5.74) is 15.1. The van der Waals surface area contributed by atoms with E-state index in [1.54, 1.807) is 0 Å². The van der Waals surface area contributed by atoms with Gasteiger partial charge < -0.3 is 30.9 Å². The summed E-state index contributed by atoms with van der Waals surface area (Å²) in [4.78, 5) is 74.9. The minimum Gasteiger partial charge on any atom is -0.412 e. The SMILES string of the molecule is CC(C)(C)c1cccc2c3nc4nc(nc5[nH]c(nc6nc(nc([nH]3)c12)-c1ccccc1-6)c1ccccc51)-c1ccccc1-4.CC(C)(C)c1cccc2c3nc4nc(nc5[nH]c(nc6nc(nc([nH]3)c12)-c1ccccc1-6)c1ccccc51)-c1ccccc1-4.O.O. The van der Waals surface area contributed by atoms with Crippen LogP contribution in [-0.4, -0.2) is 90.7 Å². The minimum absolute atomic E-state index is 0. The summed E-state index contributed by atoms with van der Waals surface area (Å²) in [6, 6.07) is 61.3. The number of nitrogens with zero attached hydrogens (tertiary/aromatic N) is 12. The molecule has 4 aliphatic rings. The number of aromatic amines is 4. The van der Waals surface area contributed by atoms with Crippen LogP contribution in [-0.2, 0) is 10.8 Å². The van der Waals surface area contributed by atoms with Crippen LogP contribution in [0.2, 0.25) is 0 Å². The van der Waals surface area contributed by atoms with Gasteiger partial charge >= 0.3 is 0 Å². The predicted octanol–water partition coefficient (Wildman–Crippen LogP) is 14.7. The molecule has 0 saturated heterocycles. The summed E-state index contributed by atoms with van der Waals surface area (Å²) in [6.45, 7) is 13.3. The Morgan fingerprint density at radius 1 is 0.211 bits per heavy atom. The van der Waals surface area contributed by atoms with Crippen LogP contribution in [0, 0.1) is 0 Å². The molecule has 10 heterocycles. The normalized spacial score (nSPS) is 12.2. The third-order valence-electron chi connectivity index (χ3n) is 16.8. The van der Waals surface area contributed by atoms with Crippen LogP contribution < -0.4 is 0 Å². The Bertz CT molecular complexity index is 5350. The highest BCUT2D eigenvalue weighted by Gasteiger charge is 2.28. The molecule has 0 amide bonds. The van der Waals surface area contributed by atoms with Crippen LogP contribution in [0.25, 0.3) is 179 Å². The number of H-pyrrole nitrogens is 4. The van der Waals surface area contributed by atoms with E-state index in [1.807, 2.05) is 146 Å². The first-order chi connectivity index (χ1) is 42.8. The second-order valence-electron chi connectivity index (χ2n) is 24.4. The van der Waals surface area contributed by atoms with Crippen molar-refractivity contribution in [2.45, 2.75) is 52.4 Å². The van der Waals surface area contributed by atoms with E-state index in [0.29, 0.717) is 91.8 Å². The van der Waals surface area contributed by atoms with Gasteiger partial charge in [0, 0.05) is 87.6 Å². The van der Waals surface area contributed by atoms with E-state index < -0.39 is 0 Å². The molecule has 90 heavy (non-hydrogen) atoms. The maximum atomic E-state index is 5.19. The topological polar surface area (TPSA) is 281 Å². The van der Waals surface area contributed by atoms with E-state index >= 15 is 0 Å². The number of benzene rings is 8. The molecule has 14 aromatic rings. The van der Waals surface area contributed by atoms with E-state index in [9.17, 15) is 0 Å². The van der Waals surface area contributed by atoms with Crippen LogP contribution in [0.15, 0.2) is 182 Å². The number of aromatic nitrogens is 16. The van der Waals surface area contributed by atoms with E-state index in [4.69, 9.17) is 59.8 Å². The molecule has 16 bridgehead atoms. The summed E-state index contributed by atoms with van der Waals surface area (Å²) in [5.74, 6) is 4.79. The summed E-state index contributed by atoms with van der Waals surface area (Å²) in [6.07, 6.45) is 0. The van der Waals surface area contributed by atoms with Gasteiger partial charge in [-0.15, -0.1) is 0 Å². The molecule has 8 N–H and O–H groups in total. The average Bonchev–Trinajstić information content (AvgIpc) is 1.61. The zero-order valence-electron chi connectivity index (χ0n) is 49.7. The zero-order valence-corrected chi connectivity index (χ0v) is 49.7. The fourth-order valence-electron chi connectivity index (χ4n) is 12.6. The molecule has 0 aliphatic carbocycles. The molecule has 8 aromatic carbocycles. The van der Waals surface area contributed by atoms with Gasteiger partial charge in [-0.3, -0.25) is 0 Å². The largest absolute Gasteiger partial charge is 0.412 e. The summed E-state index contributed by atoms with van der Waals surface area (Å²) >= 11 is 0. The molecule has 0 radical (unpaired) electrons. The zero-order chi connectivity index (χ0) is 59.2. The van der Waals surface area contributed by atoms with E-state index in [-0.39, 0.29) is 21.8 Å². The van der Waals surface area contributed by atoms with E-state index in [2.05, 4.69) is 97.9 Å². The van der Waals surface area contributed by atoms with Gasteiger partial charge in [0.15, 0.2) is 46.6 Å². The Hall–Kier alpha value is -11.6. The van der Waals surface area contributed by atoms with Gasteiger partial charge in [-0.25, -0.2) is 59.8 Å². The highest BCUT2D eigenvalue weighted by molar-refractivity contribution is 6.10. The molecule has 4 aliphatic heterocycles. The Morgan fingerprint density at radius 2 is 0.400 bits per heavy atom. The first kappa shape index (κ1) is 55.0. The number of hydrogen-bond donors (Lipinski definition) is 4. The molecule has 0 fully saturated rings. The van der Waals surface area contributed by atoms with Crippen molar-refractivity contribution in [1.82, 2.24) is 79.7 Å². The predicted molar refractivity (Wildman–Crippen MR) is 357 cm³/mol. The van der Waals surface area contributed by atoms with E-state index in [1.165, 1.54) is 11.1 Å². The standard InChI is InChI=1S/2C36H26N8.2H2O/c2*1-36(2,3)26-18-10-17-25-27(26)35-43-33-24-16-9-8-15-23(24)31(41-33)39-29-20-12-5-4-11-19(20)28(37-29)38-30-21-13-6-7-14-22(21)32(40-30)42-34(25)44-35;;/h2*4-18H,1-3H3,(H2,37,38,39,40,41,42,43,44);2*1H2. The Morgan fingerprint density at radius 3 is 0.633 bits per heavy atom. The van der Waals surface area contributed by atoms with Crippen molar-refractivity contribution in [3.8, 4) is 91.1 Å². The lowest BCUT2D eigenvalue weighted by Gasteiger charge is -2.20. The molecule has 0 atom stereocenters. The third-order valence-corrected chi connectivity index (χ3v) is 16.8. The first-order valence-electron chi connectivity index (χ1n) is 29.3. The van der Waals surface area contributed by atoms with Gasteiger partial charge in [-0.2, -0.15) is 0 Å². The Labute approximate surface area is 513 Å². The molecule has 436 valence electrons. The van der Waals surface area contributed by atoms with Crippen LogP contribution in [0.3, 0.4) is 0 Å². The van der Waals surface area contributed by atoms with Gasteiger partial charge in [0.1, 0.15) is 45.2 Å². The van der Waals surface area contributed by atoms with E-state index in [0.717, 1.165) is 87.6 Å². The van der Waals surface area contributed by atoms with Gasteiger partial charge in [-0.05, 0) is 22.0 Å². The van der Waals surface area contributed by atoms with Crippen LogP contribution in [0.4, 0.5) is 0 Å². The maximum Gasteiger partial charge on any atom is 0.164 e. The highest BCUT2D eigenvalue weighted by Crippen LogP contribution is 2.42. The number of hydrogen-bond acceptors (Lipinski definition) is 12. The van der Waals surface area contributed by atoms with Crippen molar-refractivity contribution >= 4 is 88.3 Å². The summed E-state index contributed by atoms with van der Waals surface area (Å²) in [5, 5.41) is 7.82. The Kier molecular flexibility index (Phi) is 12.5. The first-order valence-corrected chi connectivity index (χ1v) is 29.3. The van der Waals surface area contributed by atoms with Gasteiger partial charge in [0.05, 0.1) is 0 Å². The smallest absolute Gasteiger partial charge is 0.164 e. The van der Waals surface area contributed by atoms with Gasteiger partial charge in [-0.1, -0.05) is 224 Å². The molecule has 0 spiro atoms. The van der Waals surface area contributed by atoms with Crippen molar-refractivity contribution in [3.63, 3.8) is 0 Å². The molecule has 0 unspecified atom stereocenters. The third kappa shape index (κ3) is 8.78. The second-order valence-corrected chi connectivity index (χ2v) is 24.4. The van der Waals surface area contributed by atoms with Crippen molar-refractivity contribution < 1.29 is 11.0 Å². The molecule has 6 aromatic heterocycles.